The minimum atomic E-state index is -0.284. The molecule has 2 aromatic rings. The summed E-state index contributed by atoms with van der Waals surface area (Å²) >= 11 is 6.35. The average molecular weight is 418 g/mol. The summed E-state index contributed by atoms with van der Waals surface area (Å²) in [5, 5.41) is 0.426. The molecule has 0 atom stereocenters. The molecule has 2 aromatic carbocycles. The van der Waals surface area contributed by atoms with E-state index in [4.69, 9.17) is 21.1 Å². The van der Waals surface area contributed by atoms with E-state index < -0.39 is 0 Å². The second-order valence-corrected chi connectivity index (χ2v) is 7.77. The first-order chi connectivity index (χ1) is 13.9. The molecule has 0 unspecified atom stereocenters. The van der Waals surface area contributed by atoms with Gasteiger partial charge in [0, 0.05) is 18.7 Å². The lowest BCUT2D eigenvalue weighted by atomic mass is 10.1. The molecule has 29 heavy (non-hydrogen) atoms. The van der Waals surface area contributed by atoms with E-state index in [0.717, 1.165) is 24.0 Å². The summed E-state index contributed by atoms with van der Waals surface area (Å²) < 4.78 is 24.2. The van der Waals surface area contributed by atoms with Crippen molar-refractivity contribution >= 4 is 23.6 Å². The van der Waals surface area contributed by atoms with Gasteiger partial charge >= 0.3 is 0 Å². The Balaban J connectivity index is 1.75. The molecular weight excluding hydrogens is 393 g/mol. The third-order valence-electron chi connectivity index (χ3n) is 4.56. The van der Waals surface area contributed by atoms with E-state index >= 15 is 0 Å². The lowest BCUT2D eigenvalue weighted by Gasteiger charge is -2.21. The van der Waals surface area contributed by atoms with Crippen LogP contribution in [0.4, 0.5) is 4.39 Å². The van der Waals surface area contributed by atoms with Crippen molar-refractivity contribution in [2.45, 2.75) is 45.4 Å². The highest BCUT2D eigenvalue weighted by Crippen LogP contribution is 2.37. The van der Waals surface area contributed by atoms with Crippen LogP contribution in [-0.2, 0) is 11.3 Å². The van der Waals surface area contributed by atoms with Gasteiger partial charge in [0.25, 0.3) is 0 Å². The van der Waals surface area contributed by atoms with Gasteiger partial charge in [0.15, 0.2) is 11.5 Å². The number of ether oxygens (including phenoxy) is 2. The molecule has 0 heterocycles. The van der Waals surface area contributed by atoms with E-state index in [0.29, 0.717) is 23.1 Å². The van der Waals surface area contributed by atoms with Gasteiger partial charge in [0.1, 0.15) is 5.82 Å². The number of rotatable bonds is 8. The lowest BCUT2D eigenvalue weighted by molar-refractivity contribution is -0.127. The number of carbonyl (C=O) groups excluding carboxylic acids is 1. The molecule has 1 saturated carbocycles. The van der Waals surface area contributed by atoms with E-state index in [9.17, 15) is 9.18 Å². The first-order valence-electron chi connectivity index (χ1n) is 9.64. The monoisotopic (exact) mass is 417 g/mol. The van der Waals surface area contributed by atoms with Crippen molar-refractivity contribution < 1.29 is 18.7 Å². The van der Waals surface area contributed by atoms with Gasteiger partial charge in [-0.15, -0.1) is 0 Å². The molecule has 4 nitrogen and oxygen atoms in total. The third-order valence-corrected chi connectivity index (χ3v) is 4.84. The van der Waals surface area contributed by atoms with Crippen molar-refractivity contribution in [1.29, 1.82) is 0 Å². The number of halogens is 2. The largest absolute Gasteiger partial charge is 0.493 e. The van der Waals surface area contributed by atoms with Crippen LogP contribution in [0.5, 0.6) is 11.5 Å². The van der Waals surface area contributed by atoms with Crippen LogP contribution in [0.1, 0.15) is 37.8 Å². The average Bonchev–Trinajstić information content (AvgIpc) is 3.52. The van der Waals surface area contributed by atoms with Crippen LogP contribution in [0.2, 0.25) is 5.02 Å². The summed E-state index contributed by atoms with van der Waals surface area (Å²) in [7, 11) is 1.55. The van der Waals surface area contributed by atoms with Crippen molar-refractivity contribution in [3.63, 3.8) is 0 Å². The molecule has 0 bridgehead atoms. The molecule has 0 spiro atoms. The van der Waals surface area contributed by atoms with Crippen LogP contribution in [-0.4, -0.2) is 30.1 Å². The van der Waals surface area contributed by atoms with E-state index in [1.807, 2.05) is 18.7 Å². The van der Waals surface area contributed by atoms with Crippen molar-refractivity contribution in [3.8, 4) is 11.5 Å². The minimum Gasteiger partial charge on any atom is -0.493 e. The molecule has 3 rings (SSSR count). The maximum atomic E-state index is 13.1. The molecule has 1 fully saturated rings. The topological polar surface area (TPSA) is 38.8 Å². The smallest absolute Gasteiger partial charge is 0.247 e. The van der Waals surface area contributed by atoms with Crippen molar-refractivity contribution in [2.75, 3.05) is 7.11 Å². The van der Waals surface area contributed by atoms with Crippen LogP contribution < -0.4 is 9.47 Å². The standard InChI is InChI=1S/C23H25ClFNO3/c1-15(2)29-23-20(24)12-17(13-21(23)28-3)6-11-22(27)26(19-9-10-19)14-16-4-7-18(25)8-5-16/h4-8,11-13,15,19H,9-10,14H2,1-3H3/b11-6+. The maximum absolute atomic E-state index is 13.1. The first-order valence-corrected chi connectivity index (χ1v) is 10.0. The summed E-state index contributed by atoms with van der Waals surface area (Å²) in [5.41, 5.74) is 1.65. The van der Waals surface area contributed by atoms with Crippen LogP contribution in [0.3, 0.4) is 0 Å². The Kier molecular flexibility index (Phi) is 6.80. The Labute approximate surface area is 175 Å². The van der Waals surface area contributed by atoms with Crippen LogP contribution in [0.15, 0.2) is 42.5 Å². The Morgan fingerprint density at radius 1 is 1.28 bits per heavy atom. The fourth-order valence-corrected chi connectivity index (χ4v) is 3.27. The van der Waals surface area contributed by atoms with Gasteiger partial charge in [-0.25, -0.2) is 4.39 Å². The number of hydrogen-bond acceptors (Lipinski definition) is 3. The van der Waals surface area contributed by atoms with Gasteiger partial charge in [-0.05, 0) is 68.2 Å². The van der Waals surface area contributed by atoms with Gasteiger partial charge in [-0.1, -0.05) is 23.7 Å². The molecule has 0 radical (unpaired) electrons. The third kappa shape index (κ3) is 5.73. The summed E-state index contributed by atoms with van der Waals surface area (Å²) in [4.78, 5) is 14.6. The SMILES string of the molecule is COc1cc(/C=C/C(=O)N(Cc2ccc(F)cc2)C2CC2)cc(Cl)c1OC(C)C. The van der Waals surface area contributed by atoms with Gasteiger partial charge < -0.3 is 14.4 Å². The molecule has 0 saturated heterocycles. The zero-order valence-corrected chi connectivity index (χ0v) is 17.6. The molecule has 0 aliphatic heterocycles. The number of carbonyl (C=O) groups is 1. The predicted molar refractivity (Wildman–Crippen MR) is 113 cm³/mol. The van der Waals surface area contributed by atoms with Crippen molar-refractivity contribution in [3.05, 3.63) is 64.4 Å². The molecule has 1 aliphatic carbocycles. The summed E-state index contributed by atoms with van der Waals surface area (Å²) in [6.45, 7) is 4.28. The zero-order valence-electron chi connectivity index (χ0n) is 16.8. The van der Waals surface area contributed by atoms with E-state index in [1.165, 1.54) is 18.2 Å². The summed E-state index contributed by atoms with van der Waals surface area (Å²) in [6.07, 6.45) is 5.19. The van der Waals surface area contributed by atoms with Gasteiger partial charge in [0.05, 0.1) is 18.2 Å². The molecule has 6 heteroatoms. The van der Waals surface area contributed by atoms with E-state index in [1.54, 1.807) is 37.5 Å². The highest BCUT2D eigenvalue weighted by Gasteiger charge is 2.31. The zero-order chi connectivity index (χ0) is 21.0. The Hall–Kier alpha value is -2.53. The molecule has 1 aliphatic rings. The quantitative estimate of drug-likeness (QED) is 0.534. The van der Waals surface area contributed by atoms with Crippen LogP contribution >= 0.6 is 11.6 Å². The summed E-state index contributed by atoms with van der Waals surface area (Å²) in [5.74, 6) is 0.635. The Morgan fingerprint density at radius 3 is 2.55 bits per heavy atom. The summed E-state index contributed by atoms with van der Waals surface area (Å²) in [6, 6.07) is 10.0. The van der Waals surface area contributed by atoms with Crippen molar-refractivity contribution in [2.24, 2.45) is 0 Å². The number of hydrogen-bond donors (Lipinski definition) is 0. The fraction of sp³-hybridized carbons (Fsp3) is 0.348. The van der Waals surface area contributed by atoms with E-state index in [2.05, 4.69) is 0 Å². The van der Waals surface area contributed by atoms with E-state index in [-0.39, 0.29) is 23.9 Å². The Bertz CT molecular complexity index is 892. The van der Waals surface area contributed by atoms with Crippen molar-refractivity contribution in [1.82, 2.24) is 4.90 Å². The van der Waals surface area contributed by atoms with Gasteiger partial charge in [0.2, 0.25) is 5.91 Å². The second-order valence-electron chi connectivity index (χ2n) is 7.36. The van der Waals surface area contributed by atoms with Gasteiger partial charge in [-0.2, -0.15) is 0 Å². The number of nitrogens with zero attached hydrogens (tertiary/aromatic N) is 1. The predicted octanol–water partition coefficient (Wildman–Crippen LogP) is 5.48. The maximum Gasteiger partial charge on any atom is 0.247 e. The Morgan fingerprint density at radius 2 is 1.97 bits per heavy atom. The highest BCUT2D eigenvalue weighted by molar-refractivity contribution is 6.32. The molecular formula is C23H25ClFNO3. The van der Waals surface area contributed by atoms with Crippen LogP contribution in [0.25, 0.3) is 6.08 Å². The molecule has 154 valence electrons. The fourth-order valence-electron chi connectivity index (χ4n) is 3.01. The lowest BCUT2D eigenvalue weighted by Crippen LogP contribution is -2.31. The first kappa shape index (κ1) is 21.2. The normalized spacial score (nSPS) is 13.7. The van der Waals surface area contributed by atoms with Crippen LogP contribution in [0, 0.1) is 5.82 Å². The molecule has 1 amide bonds. The molecule has 0 N–H and O–H groups in total. The minimum absolute atomic E-state index is 0.0390. The second kappa shape index (κ2) is 9.31. The molecule has 0 aromatic heterocycles. The van der Waals surface area contributed by atoms with Gasteiger partial charge in [-0.3, -0.25) is 4.79 Å². The number of benzene rings is 2. The highest BCUT2D eigenvalue weighted by atomic mass is 35.5. The number of amides is 1. The number of methoxy groups -OCH3 is 1.